The van der Waals surface area contributed by atoms with Gasteiger partial charge in [-0.1, -0.05) is 39.5 Å². The van der Waals surface area contributed by atoms with Gasteiger partial charge in [-0.25, -0.2) is 0 Å². The molecule has 1 atom stereocenters. The number of rotatable bonds is 8. The lowest BCUT2D eigenvalue weighted by atomic mass is 9.95. The highest BCUT2D eigenvalue weighted by molar-refractivity contribution is 5.83. The van der Waals surface area contributed by atoms with Crippen molar-refractivity contribution in [3.63, 3.8) is 0 Å². The zero-order chi connectivity index (χ0) is 14.1. The van der Waals surface area contributed by atoms with Gasteiger partial charge in [0.25, 0.3) is 0 Å². The van der Waals surface area contributed by atoms with Gasteiger partial charge in [0.15, 0.2) is 0 Å². The topological polar surface area (TPSA) is 49.4 Å². The summed E-state index contributed by atoms with van der Waals surface area (Å²) in [5.41, 5.74) is 0. The molecule has 0 radical (unpaired) electrons. The SMILES string of the molecule is CCCCN(C=O)C(CC)C(=O)NC1CCCCC1. The second-order valence-corrected chi connectivity index (χ2v) is 5.46. The highest BCUT2D eigenvalue weighted by Gasteiger charge is 2.25. The summed E-state index contributed by atoms with van der Waals surface area (Å²) in [7, 11) is 0. The lowest BCUT2D eigenvalue weighted by molar-refractivity contribution is -0.133. The number of carbonyl (C=O) groups is 2. The Hall–Kier alpha value is -1.06. The van der Waals surface area contributed by atoms with Crippen molar-refractivity contribution in [1.82, 2.24) is 10.2 Å². The standard InChI is InChI=1S/C15H28N2O2/c1-3-5-11-17(12-18)14(4-2)15(19)16-13-9-7-6-8-10-13/h12-14H,3-11H2,1-2H3,(H,16,19). The molecule has 1 N–H and O–H groups in total. The van der Waals surface area contributed by atoms with Crippen LogP contribution < -0.4 is 5.32 Å². The second-order valence-electron chi connectivity index (χ2n) is 5.46. The molecule has 1 aliphatic carbocycles. The summed E-state index contributed by atoms with van der Waals surface area (Å²) in [4.78, 5) is 25.1. The Kier molecular flexibility index (Phi) is 7.53. The first-order chi connectivity index (χ1) is 9.22. The van der Waals surface area contributed by atoms with E-state index in [4.69, 9.17) is 0 Å². The monoisotopic (exact) mass is 268 g/mol. The van der Waals surface area contributed by atoms with Crippen LogP contribution in [0.15, 0.2) is 0 Å². The van der Waals surface area contributed by atoms with E-state index in [0.717, 1.165) is 32.1 Å². The van der Waals surface area contributed by atoms with E-state index in [1.807, 2.05) is 6.92 Å². The van der Waals surface area contributed by atoms with Gasteiger partial charge in [-0.05, 0) is 25.7 Å². The predicted molar refractivity (Wildman–Crippen MR) is 76.8 cm³/mol. The Balaban J connectivity index is 2.50. The van der Waals surface area contributed by atoms with Crippen LogP contribution in [0.5, 0.6) is 0 Å². The van der Waals surface area contributed by atoms with Crippen LogP contribution in [0, 0.1) is 0 Å². The summed E-state index contributed by atoms with van der Waals surface area (Å²) in [6.45, 7) is 4.73. The Morgan fingerprint density at radius 1 is 1.32 bits per heavy atom. The fourth-order valence-corrected chi connectivity index (χ4v) is 2.74. The molecule has 0 aromatic carbocycles. The van der Waals surface area contributed by atoms with Gasteiger partial charge >= 0.3 is 0 Å². The zero-order valence-electron chi connectivity index (χ0n) is 12.4. The largest absolute Gasteiger partial charge is 0.352 e. The molecule has 0 aromatic heterocycles. The molecule has 1 saturated carbocycles. The van der Waals surface area contributed by atoms with Crippen molar-refractivity contribution >= 4 is 12.3 Å². The summed E-state index contributed by atoms with van der Waals surface area (Å²) < 4.78 is 0. The van der Waals surface area contributed by atoms with Crippen LogP contribution in [0.1, 0.15) is 65.2 Å². The number of unbranched alkanes of at least 4 members (excludes halogenated alkanes) is 1. The third kappa shape index (κ3) is 5.21. The van der Waals surface area contributed by atoms with Crippen LogP contribution in [0.3, 0.4) is 0 Å². The number of hydrogen-bond donors (Lipinski definition) is 1. The first kappa shape index (κ1) is 16.0. The third-order valence-corrected chi connectivity index (χ3v) is 3.95. The number of hydrogen-bond acceptors (Lipinski definition) is 2. The minimum Gasteiger partial charge on any atom is -0.352 e. The van der Waals surface area contributed by atoms with Crippen molar-refractivity contribution in [3.05, 3.63) is 0 Å². The molecule has 1 rings (SSSR count). The van der Waals surface area contributed by atoms with E-state index in [1.54, 1.807) is 4.90 Å². The normalized spacial score (nSPS) is 17.8. The Labute approximate surface area is 116 Å². The molecule has 1 unspecified atom stereocenters. The number of nitrogens with one attached hydrogen (secondary N) is 1. The van der Waals surface area contributed by atoms with Gasteiger partial charge in [0.2, 0.25) is 12.3 Å². The number of nitrogens with zero attached hydrogens (tertiary/aromatic N) is 1. The molecule has 0 aliphatic heterocycles. The molecule has 19 heavy (non-hydrogen) atoms. The van der Waals surface area contributed by atoms with Gasteiger partial charge in [0, 0.05) is 12.6 Å². The zero-order valence-corrected chi connectivity index (χ0v) is 12.4. The molecule has 0 aromatic rings. The molecule has 0 saturated heterocycles. The van der Waals surface area contributed by atoms with E-state index in [1.165, 1.54) is 19.3 Å². The van der Waals surface area contributed by atoms with Gasteiger partial charge in [0.05, 0.1) is 0 Å². The summed E-state index contributed by atoms with van der Waals surface area (Å²) in [5.74, 6) is 0.0256. The van der Waals surface area contributed by atoms with Crippen molar-refractivity contribution in [2.75, 3.05) is 6.54 Å². The maximum absolute atomic E-state index is 12.3. The summed E-state index contributed by atoms with van der Waals surface area (Å²) in [6, 6.07) is 0.0148. The molecule has 1 aliphatic rings. The fraction of sp³-hybridized carbons (Fsp3) is 0.867. The van der Waals surface area contributed by atoms with E-state index in [9.17, 15) is 9.59 Å². The third-order valence-electron chi connectivity index (χ3n) is 3.95. The predicted octanol–water partition coefficient (Wildman–Crippen LogP) is 2.47. The smallest absolute Gasteiger partial charge is 0.242 e. The highest BCUT2D eigenvalue weighted by atomic mass is 16.2. The Morgan fingerprint density at radius 2 is 2.00 bits per heavy atom. The summed E-state index contributed by atoms with van der Waals surface area (Å²) >= 11 is 0. The maximum atomic E-state index is 12.3. The molecule has 0 bridgehead atoms. The van der Waals surface area contributed by atoms with E-state index in [2.05, 4.69) is 12.2 Å². The lowest BCUT2D eigenvalue weighted by Gasteiger charge is -2.30. The molecule has 0 heterocycles. The van der Waals surface area contributed by atoms with Crippen LogP contribution >= 0.6 is 0 Å². The van der Waals surface area contributed by atoms with E-state index in [0.29, 0.717) is 19.0 Å². The maximum Gasteiger partial charge on any atom is 0.242 e. The van der Waals surface area contributed by atoms with Gasteiger partial charge < -0.3 is 10.2 Å². The quantitative estimate of drug-likeness (QED) is 0.688. The lowest BCUT2D eigenvalue weighted by Crippen LogP contribution is -2.49. The Morgan fingerprint density at radius 3 is 2.53 bits per heavy atom. The average molecular weight is 268 g/mol. The molecule has 0 spiro atoms. The van der Waals surface area contributed by atoms with Crippen molar-refractivity contribution < 1.29 is 9.59 Å². The summed E-state index contributed by atoms with van der Waals surface area (Å²) in [5, 5.41) is 3.12. The van der Waals surface area contributed by atoms with Crippen molar-refractivity contribution in [2.24, 2.45) is 0 Å². The summed E-state index contributed by atoms with van der Waals surface area (Å²) in [6.07, 6.45) is 9.34. The minimum absolute atomic E-state index is 0.0256. The van der Waals surface area contributed by atoms with Crippen LogP contribution in [0.4, 0.5) is 0 Å². The van der Waals surface area contributed by atoms with E-state index < -0.39 is 0 Å². The number of amides is 2. The van der Waals surface area contributed by atoms with E-state index >= 15 is 0 Å². The Bertz CT molecular complexity index is 275. The van der Waals surface area contributed by atoms with Crippen LogP contribution in [0.25, 0.3) is 0 Å². The molecule has 110 valence electrons. The van der Waals surface area contributed by atoms with Crippen LogP contribution in [-0.2, 0) is 9.59 Å². The van der Waals surface area contributed by atoms with Gasteiger partial charge in [-0.2, -0.15) is 0 Å². The molecular weight excluding hydrogens is 240 g/mol. The number of carbonyl (C=O) groups excluding carboxylic acids is 2. The van der Waals surface area contributed by atoms with Crippen molar-refractivity contribution in [1.29, 1.82) is 0 Å². The van der Waals surface area contributed by atoms with Gasteiger partial charge in [0.1, 0.15) is 6.04 Å². The first-order valence-electron chi connectivity index (χ1n) is 7.74. The second kappa shape index (κ2) is 8.94. The van der Waals surface area contributed by atoms with Gasteiger partial charge in [-0.15, -0.1) is 0 Å². The fourth-order valence-electron chi connectivity index (χ4n) is 2.74. The molecular formula is C15H28N2O2. The first-order valence-corrected chi connectivity index (χ1v) is 7.74. The van der Waals surface area contributed by atoms with Gasteiger partial charge in [-0.3, -0.25) is 9.59 Å². The molecule has 4 heteroatoms. The van der Waals surface area contributed by atoms with Crippen LogP contribution in [-0.4, -0.2) is 35.8 Å². The van der Waals surface area contributed by atoms with Crippen LogP contribution in [0.2, 0.25) is 0 Å². The highest BCUT2D eigenvalue weighted by Crippen LogP contribution is 2.18. The molecule has 2 amide bonds. The average Bonchev–Trinajstić information content (AvgIpc) is 2.44. The van der Waals surface area contributed by atoms with Crippen molar-refractivity contribution in [2.45, 2.75) is 77.3 Å². The molecule has 1 fully saturated rings. The minimum atomic E-state index is -0.300. The van der Waals surface area contributed by atoms with Crippen molar-refractivity contribution in [3.8, 4) is 0 Å². The molecule has 4 nitrogen and oxygen atoms in total. The van der Waals surface area contributed by atoms with E-state index in [-0.39, 0.29) is 11.9 Å².